The molecule has 6 heteroatoms. The van der Waals surface area contributed by atoms with Gasteiger partial charge in [-0.1, -0.05) is 57.5 Å². The van der Waals surface area contributed by atoms with Crippen LogP contribution in [0, 0.1) is 11.8 Å². The number of nitrogens with one attached hydrogen (secondary N) is 1. The Morgan fingerprint density at radius 1 is 1.08 bits per heavy atom. The van der Waals surface area contributed by atoms with Gasteiger partial charge in [0, 0.05) is 16.5 Å². The molecule has 0 aliphatic heterocycles. The minimum atomic E-state index is -0.653. The van der Waals surface area contributed by atoms with Gasteiger partial charge in [0.05, 0.1) is 5.69 Å². The molecule has 1 heterocycles. The average molecular weight is 412 g/mol. The number of rotatable bonds is 6. The van der Waals surface area contributed by atoms with Crippen LogP contribution in [-0.2, 0) is 0 Å². The molecule has 0 spiro atoms. The van der Waals surface area contributed by atoms with Crippen LogP contribution in [0.1, 0.15) is 40.8 Å². The lowest BCUT2D eigenvalue weighted by Crippen LogP contribution is -2.13. The lowest BCUT2D eigenvalue weighted by Gasteiger charge is -2.22. The molecule has 2 atom stereocenters. The van der Waals surface area contributed by atoms with Crippen molar-refractivity contribution in [2.24, 2.45) is 5.18 Å². The van der Waals surface area contributed by atoms with Gasteiger partial charge in [0.1, 0.15) is 6.04 Å². The number of H-pyrrole nitrogens is 1. The molecule has 5 nitrogen and oxygen atoms in total. The van der Waals surface area contributed by atoms with E-state index in [2.05, 4.69) is 50.4 Å². The van der Waals surface area contributed by atoms with Crippen LogP contribution in [-0.4, -0.2) is 10.2 Å². The number of aryl methyl sites for hydroxylation is 1. The van der Waals surface area contributed by atoms with Crippen LogP contribution in [0.25, 0.3) is 0 Å². The van der Waals surface area contributed by atoms with E-state index in [0.717, 1.165) is 21.2 Å². The molecule has 3 aromatic rings. The molecule has 132 valence electrons. The summed E-state index contributed by atoms with van der Waals surface area (Å²) in [7, 11) is 0. The molecule has 2 aromatic carbocycles. The summed E-state index contributed by atoms with van der Waals surface area (Å²) in [6, 6.07) is 18.5. The van der Waals surface area contributed by atoms with Gasteiger partial charge in [-0.15, -0.1) is 0 Å². The molecule has 1 aromatic heterocycles. The van der Waals surface area contributed by atoms with E-state index in [-0.39, 0.29) is 11.5 Å². The van der Waals surface area contributed by atoms with Gasteiger partial charge < -0.3 is 0 Å². The predicted octanol–water partition coefficient (Wildman–Crippen LogP) is 4.87. The Hall–Kier alpha value is -2.60. The van der Waals surface area contributed by atoms with Gasteiger partial charge in [-0.3, -0.25) is 4.79 Å². The van der Waals surface area contributed by atoms with Crippen LogP contribution < -0.4 is 5.56 Å². The van der Waals surface area contributed by atoms with Crippen LogP contribution in [0.3, 0.4) is 0 Å². The first-order valence-electron chi connectivity index (χ1n) is 8.27. The van der Waals surface area contributed by atoms with Crippen molar-refractivity contribution in [2.45, 2.75) is 25.3 Å². The van der Waals surface area contributed by atoms with Crippen molar-refractivity contribution in [3.63, 3.8) is 0 Å². The van der Waals surface area contributed by atoms with Crippen LogP contribution in [0.5, 0.6) is 0 Å². The molecular weight excluding hydrogens is 394 g/mol. The Kier molecular flexibility index (Phi) is 5.73. The summed E-state index contributed by atoms with van der Waals surface area (Å²) in [5.41, 5.74) is 3.56. The van der Waals surface area contributed by atoms with E-state index in [0.29, 0.717) is 12.1 Å². The van der Waals surface area contributed by atoms with E-state index in [1.54, 1.807) is 6.07 Å². The molecule has 0 saturated heterocycles. The monoisotopic (exact) mass is 411 g/mol. The van der Waals surface area contributed by atoms with Gasteiger partial charge >= 0.3 is 0 Å². The number of halogens is 1. The molecule has 0 bridgehead atoms. The predicted molar refractivity (Wildman–Crippen MR) is 105 cm³/mol. The van der Waals surface area contributed by atoms with Gasteiger partial charge in [0.2, 0.25) is 0 Å². The van der Waals surface area contributed by atoms with E-state index in [1.165, 1.54) is 6.07 Å². The highest BCUT2D eigenvalue weighted by molar-refractivity contribution is 9.10. The Bertz CT molecular complexity index is 933. The van der Waals surface area contributed by atoms with Crippen molar-refractivity contribution < 1.29 is 0 Å². The number of hydrogen-bond acceptors (Lipinski definition) is 4. The lowest BCUT2D eigenvalue weighted by molar-refractivity contribution is 0.572. The second kappa shape index (κ2) is 8.19. The third-order valence-electron chi connectivity index (χ3n) is 4.46. The standard InChI is InChI=1S/C20H18BrN3O2/c1-13-4-2-3-5-16(13)17(14-6-8-15(21)9-7-14)12-19(24-26)18-10-11-20(25)23-22-18/h2-11,17,19H,12H2,1H3,(H,23,25)/t17-,19?/m0/s1. The third kappa shape index (κ3) is 4.14. The second-order valence-electron chi connectivity index (χ2n) is 6.16. The van der Waals surface area contributed by atoms with Gasteiger partial charge in [-0.25, -0.2) is 5.10 Å². The molecular formula is C20H18BrN3O2. The number of nitroso groups, excluding NO2 is 1. The molecule has 0 amide bonds. The Morgan fingerprint density at radius 3 is 2.42 bits per heavy atom. The molecule has 0 aliphatic carbocycles. The van der Waals surface area contributed by atoms with E-state index < -0.39 is 6.04 Å². The SMILES string of the molecule is Cc1ccccc1[C@@H](CC(N=O)c1ccc(=O)[nH]n1)c1ccc(Br)cc1. The van der Waals surface area contributed by atoms with Gasteiger partial charge in [-0.2, -0.15) is 10.0 Å². The highest BCUT2D eigenvalue weighted by atomic mass is 79.9. The lowest BCUT2D eigenvalue weighted by atomic mass is 9.83. The van der Waals surface area contributed by atoms with Crippen molar-refractivity contribution in [1.29, 1.82) is 0 Å². The van der Waals surface area contributed by atoms with Crippen molar-refractivity contribution in [2.75, 3.05) is 0 Å². The number of hydrogen-bond donors (Lipinski definition) is 1. The van der Waals surface area contributed by atoms with Crippen LogP contribution >= 0.6 is 15.9 Å². The Morgan fingerprint density at radius 2 is 1.81 bits per heavy atom. The summed E-state index contributed by atoms with van der Waals surface area (Å²) >= 11 is 3.46. The van der Waals surface area contributed by atoms with Crippen LogP contribution in [0.4, 0.5) is 0 Å². The largest absolute Gasteiger partial charge is 0.268 e. The van der Waals surface area contributed by atoms with Crippen molar-refractivity contribution in [3.05, 3.63) is 103 Å². The summed E-state index contributed by atoms with van der Waals surface area (Å²) in [5.74, 6) is -0.0132. The fraction of sp³-hybridized carbons (Fsp3) is 0.200. The fourth-order valence-electron chi connectivity index (χ4n) is 3.10. The first-order chi connectivity index (χ1) is 12.6. The Balaban J connectivity index is 2.01. The van der Waals surface area contributed by atoms with E-state index in [9.17, 15) is 9.70 Å². The number of aromatic nitrogens is 2. The minimum absolute atomic E-state index is 0.0132. The summed E-state index contributed by atoms with van der Waals surface area (Å²) in [6.45, 7) is 2.06. The zero-order valence-electron chi connectivity index (χ0n) is 14.2. The zero-order valence-corrected chi connectivity index (χ0v) is 15.8. The molecule has 3 rings (SSSR count). The first-order valence-corrected chi connectivity index (χ1v) is 9.07. The molecule has 1 N–H and O–H groups in total. The van der Waals surface area contributed by atoms with Gasteiger partial charge in [0.25, 0.3) is 5.56 Å². The smallest absolute Gasteiger partial charge is 0.264 e. The number of nitrogens with zero attached hydrogens (tertiary/aromatic N) is 2. The summed E-state index contributed by atoms with van der Waals surface area (Å²) in [4.78, 5) is 22.8. The maximum Gasteiger partial charge on any atom is 0.264 e. The van der Waals surface area contributed by atoms with E-state index in [1.807, 2.05) is 36.4 Å². The maximum absolute atomic E-state index is 11.5. The quantitative estimate of drug-likeness (QED) is 0.587. The summed E-state index contributed by atoms with van der Waals surface area (Å²) < 4.78 is 0.997. The van der Waals surface area contributed by atoms with Gasteiger partial charge in [-0.05, 0) is 48.2 Å². The highest BCUT2D eigenvalue weighted by Crippen LogP contribution is 2.36. The average Bonchev–Trinajstić information content (AvgIpc) is 2.66. The summed E-state index contributed by atoms with van der Waals surface area (Å²) in [6.07, 6.45) is 0.467. The van der Waals surface area contributed by atoms with Gasteiger partial charge in [0.15, 0.2) is 0 Å². The molecule has 26 heavy (non-hydrogen) atoms. The molecule has 0 saturated carbocycles. The first kappa shape index (κ1) is 18.2. The highest BCUT2D eigenvalue weighted by Gasteiger charge is 2.24. The normalized spacial score (nSPS) is 13.2. The molecule has 1 unspecified atom stereocenters. The maximum atomic E-state index is 11.5. The second-order valence-corrected chi connectivity index (χ2v) is 7.08. The van der Waals surface area contributed by atoms with Crippen molar-refractivity contribution in [1.82, 2.24) is 10.2 Å². The molecule has 0 aliphatic rings. The third-order valence-corrected chi connectivity index (χ3v) is 4.99. The topological polar surface area (TPSA) is 75.2 Å². The number of aromatic amines is 1. The fourth-order valence-corrected chi connectivity index (χ4v) is 3.36. The molecule has 0 radical (unpaired) electrons. The summed E-state index contributed by atoms with van der Waals surface area (Å²) in [5, 5.41) is 9.65. The minimum Gasteiger partial charge on any atom is -0.268 e. The van der Waals surface area contributed by atoms with Crippen molar-refractivity contribution in [3.8, 4) is 0 Å². The molecule has 0 fully saturated rings. The number of benzene rings is 2. The van der Waals surface area contributed by atoms with E-state index >= 15 is 0 Å². The van der Waals surface area contributed by atoms with E-state index in [4.69, 9.17) is 0 Å². The van der Waals surface area contributed by atoms with Crippen LogP contribution in [0.15, 0.2) is 75.1 Å². The van der Waals surface area contributed by atoms with Crippen LogP contribution in [0.2, 0.25) is 0 Å². The van der Waals surface area contributed by atoms with Crippen molar-refractivity contribution >= 4 is 15.9 Å². The zero-order chi connectivity index (χ0) is 18.5. The Labute approximate surface area is 159 Å².